The van der Waals surface area contributed by atoms with Crippen molar-refractivity contribution in [1.29, 1.82) is 0 Å². The van der Waals surface area contributed by atoms with Gasteiger partial charge in [-0.2, -0.15) is 0 Å². The molecule has 0 saturated heterocycles. The Labute approximate surface area is 159 Å². The van der Waals surface area contributed by atoms with E-state index in [9.17, 15) is 9.59 Å². The fourth-order valence-electron chi connectivity index (χ4n) is 2.88. The Morgan fingerprint density at radius 2 is 1.52 bits per heavy atom. The van der Waals surface area contributed by atoms with E-state index in [1.165, 1.54) is 10.3 Å². The van der Waals surface area contributed by atoms with Crippen LogP contribution in [0.25, 0.3) is 10.8 Å². The summed E-state index contributed by atoms with van der Waals surface area (Å²) in [5.74, 6) is -0.179. The number of carbonyl (C=O) groups is 2. The van der Waals surface area contributed by atoms with E-state index in [-0.39, 0.29) is 18.4 Å². The summed E-state index contributed by atoms with van der Waals surface area (Å²) < 4.78 is 0. The van der Waals surface area contributed by atoms with Gasteiger partial charge in [-0.15, -0.1) is 0 Å². The Morgan fingerprint density at radius 3 is 2.19 bits per heavy atom. The van der Waals surface area contributed by atoms with Gasteiger partial charge in [0.2, 0.25) is 5.91 Å². The second-order valence-corrected chi connectivity index (χ2v) is 6.71. The van der Waals surface area contributed by atoms with E-state index < -0.39 is 0 Å². The molecule has 5 heteroatoms. The van der Waals surface area contributed by atoms with E-state index in [1.807, 2.05) is 30.1 Å². The highest BCUT2D eigenvalue weighted by Crippen LogP contribution is 2.21. The zero-order chi connectivity index (χ0) is 19.4. The van der Waals surface area contributed by atoms with Crippen molar-refractivity contribution in [2.45, 2.75) is 0 Å². The zero-order valence-electron chi connectivity index (χ0n) is 15.8. The van der Waals surface area contributed by atoms with Gasteiger partial charge in [-0.3, -0.25) is 9.59 Å². The monoisotopic (exact) mass is 361 g/mol. The Hall–Kier alpha value is -3.34. The van der Waals surface area contributed by atoms with Gasteiger partial charge < -0.3 is 15.1 Å². The molecule has 0 aliphatic heterocycles. The molecule has 0 unspecified atom stereocenters. The number of benzene rings is 3. The van der Waals surface area contributed by atoms with Crippen molar-refractivity contribution in [3.63, 3.8) is 0 Å². The second-order valence-electron chi connectivity index (χ2n) is 6.71. The molecule has 5 nitrogen and oxygen atoms in total. The standard InChI is InChI=1S/C22H23N3O2/c1-24(2)22(27)17-8-11-19(12-9-17)23-21(26)15-25(3)20-13-10-16-6-4-5-7-18(16)14-20/h4-14H,15H2,1-3H3,(H,23,26). The first-order valence-corrected chi connectivity index (χ1v) is 8.75. The van der Waals surface area contributed by atoms with Crippen LogP contribution in [0.5, 0.6) is 0 Å². The van der Waals surface area contributed by atoms with Crippen molar-refractivity contribution in [2.24, 2.45) is 0 Å². The summed E-state index contributed by atoms with van der Waals surface area (Å²) in [6, 6.07) is 21.2. The molecule has 0 aromatic heterocycles. The van der Waals surface area contributed by atoms with Crippen molar-refractivity contribution >= 4 is 34.0 Å². The summed E-state index contributed by atoms with van der Waals surface area (Å²) >= 11 is 0. The Balaban J connectivity index is 1.63. The molecule has 0 aliphatic rings. The summed E-state index contributed by atoms with van der Waals surface area (Å²) in [6.45, 7) is 0.233. The summed E-state index contributed by atoms with van der Waals surface area (Å²) in [5.41, 5.74) is 2.24. The highest BCUT2D eigenvalue weighted by Gasteiger charge is 2.10. The largest absolute Gasteiger partial charge is 0.365 e. The van der Waals surface area contributed by atoms with Crippen LogP contribution in [-0.2, 0) is 4.79 Å². The first kappa shape index (κ1) is 18.5. The maximum atomic E-state index is 12.4. The summed E-state index contributed by atoms with van der Waals surface area (Å²) in [4.78, 5) is 27.7. The molecule has 2 amide bonds. The number of anilines is 2. The third kappa shape index (κ3) is 4.44. The molecule has 0 spiro atoms. The summed E-state index contributed by atoms with van der Waals surface area (Å²) in [6.07, 6.45) is 0. The van der Waals surface area contributed by atoms with Gasteiger partial charge in [0, 0.05) is 38.1 Å². The Morgan fingerprint density at radius 1 is 0.852 bits per heavy atom. The number of amides is 2. The minimum Gasteiger partial charge on any atom is -0.365 e. The third-order valence-electron chi connectivity index (χ3n) is 4.38. The minimum absolute atomic E-state index is 0.0658. The molecular weight excluding hydrogens is 338 g/mol. The van der Waals surface area contributed by atoms with E-state index in [0.29, 0.717) is 11.3 Å². The first-order chi connectivity index (χ1) is 12.9. The topological polar surface area (TPSA) is 52.7 Å². The van der Waals surface area contributed by atoms with Crippen LogP contribution in [0.15, 0.2) is 66.7 Å². The smallest absolute Gasteiger partial charge is 0.253 e. The molecule has 27 heavy (non-hydrogen) atoms. The van der Waals surface area contributed by atoms with Gasteiger partial charge in [0.25, 0.3) is 5.91 Å². The van der Waals surface area contributed by atoms with Gasteiger partial charge in [0.05, 0.1) is 6.54 Å². The van der Waals surface area contributed by atoms with Crippen LogP contribution in [0.4, 0.5) is 11.4 Å². The van der Waals surface area contributed by atoms with Gasteiger partial charge >= 0.3 is 0 Å². The van der Waals surface area contributed by atoms with Gasteiger partial charge in [-0.05, 0) is 47.2 Å². The maximum Gasteiger partial charge on any atom is 0.253 e. The average Bonchev–Trinajstić information content (AvgIpc) is 2.67. The van der Waals surface area contributed by atoms with Gasteiger partial charge in [-0.1, -0.05) is 30.3 Å². The highest BCUT2D eigenvalue weighted by atomic mass is 16.2. The van der Waals surface area contributed by atoms with Crippen LogP contribution in [0.1, 0.15) is 10.4 Å². The van der Waals surface area contributed by atoms with Crippen molar-refractivity contribution in [1.82, 2.24) is 4.90 Å². The molecule has 0 fully saturated rings. The number of nitrogens with one attached hydrogen (secondary N) is 1. The number of likely N-dealkylation sites (N-methyl/N-ethyl adjacent to an activating group) is 1. The van der Waals surface area contributed by atoms with Crippen molar-refractivity contribution in [2.75, 3.05) is 37.9 Å². The van der Waals surface area contributed by atoms with Crippen LogP contribution in [-0.4, -0.2) is 44.4 Å². The lowest BCUT2D eigenvalue weighted by atomic mass is 10.1. The van der Waals surface area contributed by atoms with E-state index in [2.05, 4.69) is 29.6 Å². The van der Waals surface area contributed by atoms with Crippen molar-refractivity contribution < 1.29 is 9.59 Å². The number of nitrogens with zero attached hydrogens (tertiary/aromatic N) is 2. The van der Waals surface area contributed by atoms with Crippen LogP contribution >= 0.6 is 0 Å². The molecule has 1 N–H and O–H groups in total. The van der Waals surface area contributed by atoms with Crippen molar-refractivity contribution in [3.05, 3.63) is 72.3 Å². The van der Waals surface area contributed by atoms with Gasteiger partial charge in [-0.25, -0.2) is 0 Å². The average molecular weight is 361 g/mol. The van der Waals surface area contributed by atoms with Gasteiger partial charge in [0.15, 0.2) is 0 Å². The molecule has 138 valence electrons. The molecule has 0 saturated carbocycles. The molecule has 3 rings (SSSR count). The lowest BCUT2D eigenvalue weighted by Crippen LogP contribution is -2.30. The molecule has 0 heterocycles. The fourth-order valence-corrected chi connectivity index (χ4v) is 2.88. The van der Waals surface area contributed by atoms with Crippen LogP contribution in [0.3, 0.4) is 0 Å². The van der Waals surface area contributed by atoms with Crippen LogP contribution < -0.4 is 10.2 Å². The summed E-state index contributed by atoms with van der Waals surface area (Å²) in [7, 11) is 5.31. The molecule has 0 bridgehead atoms. The fraction of sp³-hybridized carbons (Fsp3) is 0.182. The zero-order valence-corrected chi connectivity index (χ0v) is 15.8. The van der Waals surface area contributed by atoms with E-state index in [0.717, 1.165) is 11.1 Å². The first-order valence-electron chi connectivity index (χ1n) is 8.75. The third-order valence-corrected chi connectivity index (χ3v) is 4.38. The quantitative estimate of drug-likeness (QED) is 0.755. The van der Waals surface area contributed by atoms with E-state index in [1.54, 1.807) is 38.4 Å². The Bertz CT molecular complexity index is 965. The molecule has 0 atom stereocenters. The predicted octanol–water partition coefficient (Wildman–Crippen LogP) is 3.62. The molecule has 0 aliphatic carbocycles. The van der Waals surface area contributed by atoms with E-state index >= 15 is 0 Å². The molecular formula is C22H23N3O2. The highest BCUT2D eigenvalue weighted by molar-refractivity contribution is 5.97. The lowest BCUT2D eigenvalue weighted by molar-refractivity contribution is -0.114. The van der Waals surface area contributed by atoms with Gasteiger partial charge in [0.1, 0.15) is 0 Å². The second kappa shape index (κ2) is 7.91. The normalized spacial score (nSPS) is 10.5. The minimum atomic E-state index is -0.114. The number of fused-ring (bicyclic) bond motifs is 1. The predicted molar refractivity (Wildman–Crippen MR) is 110 cm³/mol. The number of hydrogen-bond donors (Lipinski definition) is 1. The number of carbonyl (C=O) groups excluding carboxylic acids is 2. The Kier molecular flexibility index (Phi) is 5.41. The lowest BCUT2D eigenvalue weighted by Gasteiger charge is -2.19. The van der Waals surface area contributed by atoms with Crippen LogP contribution in [0.2, 0.25) is 0 Å². The number of rotatable bonds is 5. The van der Waals surface area contributed by atoms with Crippen molar-refractivity contribution in [3.8, 4) is 0 Å². The van der Waals surface area contributed by atoms with E-state index in [4.69, 9.17) is 0 Å². The molecule has 0 radical (unpaired) electrons. The van der Waals surface area contributed by atoms with Crippen LogP contribution in [0, 0.1) is 0 Å². The summed E-state index contributed by atoms with van der Waals surface area (Å²) in [5, 5.41) is 5.18. The number of hydrogen-bond acceptors (Lipinski definition) is 3. The SMILES string of the molecule is CN(C)C(=O)c1ccc(NC(=O)CN(C)c2ccc3ccccc3c2)cc1. The molecule has 3 aromatic carbocycles. The molecule has 3 aromatic rings. The maximum absolute atomic E-state index is 12.4.